The molecule has 188 valence electrons. The van der Waals surface area contributed by atoms with Crippen molar-refractivity contribution in [3.05, 3.63) is 12.2 Å². The molecule has 7 heteroatoms. The monoisotopic (exact) mass is 466 g/mol. The molecular formula is C26H42O7. The number of methoxy groups -OCH3 is 1. The predicted molar refractivity (Wildman–Crippen MR) is 125 cm³/mol. The van der Waals surface area contributed by atoms with E-state index in [4.69, 9.17) is 9.47 Å². The molecule has 1 aliphatic rings. The van der Waals surface area contributed by atoms with Gasteiger partial charge in [-0.1, -0.05) is 44.8 Å². The van der Waals surface area contributed by atoms with E-state index in [1.54, 1.807) is 0 Å². The molecule has 33 heavy (non-hydrogen) atoms. The van der Waals surface area contributed by atoms with Gasteiger partial charge < -0.3 is 14.2 Å². The molecule has 0 aromatic heterocycles. The average molecular weight is 467 g/mol. The largest absolute Gasteiger partial charge is 0.469 e. The van der Waals surface area contributed by atoms with Crippen molar-refractivity contribution < 1.29 is 33.4 Å². The summed E-state index contributed by atoms with van der Waals surface area (Å²) in [6.07, 6.45) is 11.6. The summed E-state index contributed by atoms with van der Waals surface area (Å²) in [5, 5.41) is 0. The van der Waals surface area contributed by atoms with Gasteiger partial charge in [0.25, 0.3) is 0 Å². The highest BCUT2D eigenvalue weighted by Crippen LogP contribution is 2.37. The van der Waals surface area contributed by atoms with Gasteiger partial charge in [-0.25, -0.2) is 0 Å². The van der Waals surface area contributed by atoms with Crippen LogP contribution in [0.25, 0.3) is 0 Å². The Labute approximate surface area is 198 Å². The summed E-state index contributed by atoms with van der Waals surface area (Å²) in [5.41, 5.74) is -0.590. The molecule has 0 aromatic carbocycles. The van der Waals surface area contributed by atoms with Crippen molar-refractivity contribution in [3.63, 3.8) is 0 Å². The molecule has 0 aliphatic heterocycles. The Balaban J connectivity index is 2.77. The van der Waals surface area contributed by atoms with Gasteiger partial charge in [0.15, 0.2) is 0 Å². The van der Waals surface area contributed by atoms with E-state index in [-0.39, 0.29) is 41.9 Å². The zero-order valence-corrected chi connectivity index (χ0v) is 21.0. The minimum atomic E-state index is -0.590. The SMILES string of the molecule is CCCC[C@@](C)(CC=CC1C(OC(C)=O)CC(=O)C1CCCCCCC(=O)OC)OC(C)=O. The van der Waals surface area contributed by atoms with Crippen molar-refractivity contribution >= 4 is 23.7 Å². The second kappa shape index (κ2) is 14.9. The van der Waals surface area contributed by atoms with Crippen molar-refractivity contribution in [1.82, 2.24) is 0 Å². The molecule has 0 heterocycles. The summed E-state index contributed by atoms with van der Waals surface area (Å²) in [7, 11) is 1.39. The van der Waals surface area contributed by atoms with Crippen molar-refractivity contribution in [2.45, 2.75) is 110 Å². The number of ether oxygens (including phenoxy) is 3. The van der Waals surface area contributed by atoms with Crippen LogP contribution in [-0.2, 0) is 33.4 Å². The fourth-order valence-electron chi connectivity index (χ4n) is 4.56. The third kappa shape index (κ3) is 11.0. The Kier molecular flexibility index (Phi) is 13.0. The highest BCUT2D eigenvalue weighted by molar-refractivity contribution is 5.85. The van der Waals surface area contributed by atoms with Gasteiger partial charge in [0, 0.05) is 44.9 Å². The lowest BCUT2D eigenvalue weighted by Crippen LogP contribution is -2.30. The lowest BCUT2D eigenvalue weighted by molar-refractivity contribution is -0.156. The summed E-state index contributed by atoms with van der Waals surface area (Å²) in [6, 6.07) is 0. The minimum Gasteiger partial charge on any atom is -0.469 e. The summed E-state index contributed by atoms with van der Waals surface area (Å²) >= 11 is 0. The van der Waals surface area contributed by atoms with E-state index in [1.807, 2.05) is 19.1 Å². The summed E-state index contributed by atoms with van der Waals surface area (Å²) in [5.74, 6) is -1.14. The van der Waals surface area contributed by atoms with Gasteiger partial charge >= 0.3 is 17.9 Å². The molecule has 0 spiro atoms. The first-order valence-corrected chi connectivity index (χ1v) is 12.2. The molecule has 0 radical (unpaired) electrons. The summed E-state index contributed by atoms with van der Waals surface area (Å²) < 4.78 is 15.7. The fraction of sp³-hybridized carbons (Fsp3) is 0.769. The first-order valence-electron chi connectivity index (χ1n) is 12.2. The smallest absolute Gasteiger partial charge is 0.305 e. The molecule has 1 aliphatic carbocycles. The van der Waals surface area contributed by atoms with Crippen LogP contribution in [0.1, 0.15) is 98.3 Å². The van der Waals surface area contributed by atoms with Gasteiger partial charge in [-0.3, -0.25) is 19.2 Å². The highest BCUT2D eigenvalue weighted by Gasteiger charge is 2.42. The molecule has 3 unspecified atom stereocenters. The number of carbonyl (C=O) groups excluding carboxylic acids is 4. The maximum absolute atomic E-state index is 12.7. The van der Waals surface area contributed by atoms with Gasteiger partial charge in [-0.05, 0) is 32.6 Å². The zero-order chi connectivity index (χ0) is 24.9. The van der Waals surface area contributed by atoms with Gasteiger partial charge in [-0.2, -0.15) is 0 Å². The first-order chi connectivity index (χ1) is 15.6. The van der Waals surface area contributed by atoms with Crippen molar-refractivity contribution in [2.75, 3.05) is 7.11 Å². The number of hydrogen-bond acceptors (Lipinski definition) is 7. The normalized spacial score (nSPS) is 22.2. The Hall–Kier alpha value is -2.18. The minimum absolute atomic E-state index is 0.124. The molecule has 0 bridgehead atoms. The molecule has 7 nitrogen and oxygen atoms in total. The molecule has 0 N–H and O–H groups in total. The molecule has 4 atom stereocenters. The molecule has 1 rings (SSSR count). The topological polar surface area (TPSA) is 96.0 Å². The maximum atomic E-state index is 12.7. The van der Waals surface area contributed by atoms with E-state index in [1.165, 1.54) is 21.0 Å². The second-order valence-electron chi connectivity index (χ2n) is 9.31. The third-order valence-corrected chi connectivity index (χ3v) is 6.26. The van der Waals surface area contributed by atoms with Crippen LogP contribution in [-0.4, -0.2) is 42.5 Å². The molecule has 0 aromatic rings. The van der Waals surface area contributed by atoms with E-state index >= 15 is 0 Å². The lowest BCUT2D eigenvalue weighted by atomic mass is 9.87. The van der Waals surface area contributed by atoms with Crippen molar-refractivity contribution in [1.29, 1.82) is 0 Å². The van der Waals surface area contributed by atoms with Gasteiger partial charge in [0.05, 0.1) is 7.11 Å². The number of hydrogen-bond donors (Lipinski definition) is 0. The lowest BCUT2D eigenvalue weighted by Gasteiger charge is -2.28. The van der Waals surface area contributed by atoms with Crippen molar-refractivity contribution in [3.8, 4) is 0 Å². The van der Waals surface area contributed by atoms with Crippen LogP contribution in [0, 0.1) is 11.8 Å². The molecule has 1 saturated carbocycles. The van der Waals surface area contributed by atoms with Crippen LogP contribution in [0.5, 0.6) is 0 Å². The number of ketones is 1. The van der Waals surface area contributed by atoms with Crippen molar-refractivity contribution in [2.24, 2.45) is 11.8 Å². The maximum Gasteiger partial charge on any atom is 0.305 e. The van der Waals surface area contributed by atoms with E-state index in [0.29, 0.717) is 12.8 Å². The number of unbranched alkanes of at least 4 members (excludes halogenated alkanes) is 4. The third-order valence-electron chi connectivity index (χ3n) is 6.26. The Morgan fingerprint density at radius 1 is 1.06 bits per heavy atom. The van der Waals surface area contributed by atoms with E-state index in [0.717, 1.165) is 51.4 Å². The molecule has 1 fully saturated rings. The van der Waals surface area contributed by atoms with Gasteiger partial charge in [0.2, 0.25) is 0 Å². The van der Waals surface area contributed by atoms with Crippen LogP contribution in [0.2, 0.25) is 0 Å². The number of esters is 3. The quantitative estimate of drug-likeness (QED) is 0.143. The van der Waals surface area contributed by atoms with E-state index in [9.17, 15) is 19.2 Å². The number of carbonyl (C=O) groups is 4. The van der Waals surface area contributed by atoms with E-state index < -0.39 is 11.7 Å². The first kappa shape index (κ1) is 28.9. The summed E-state index contributed by atoms with van der Waals surface area (Å²) in [6.45, 7) is 6.81. The van der Waals surface area contributed by atoms with Gasteiger partial charge in [-0.15, -0.1) is 0 Å². The zero-order valence-electron chi connectivity index (χ0n) is 21.0. The average Bonchev–Trinajstić information content (AvgIpc) is 3.01. The van der Waals surface area contributed by atoms with Gasteiger partial charge in [0.1, 0.15) is 17.5 Å². The molecule has 0 saturated heterocycles. The summed E-state index contributed by atoms with van der Waals surface area (Å²) in [4.78, 5) is 47.1. The molecular weight excluding hydrogens is 424 g/mol. The van der Waals surface area contributed by atoms with Crippen LogP contribution in [0.3, 0.4) is 0 Å². The highest BCUT2D eigenvalue weighted by atomic mass is 16.6. The van der Waals surface area contributed by atoms with Crippen LogP contribution >= 0.6 is 0 Å². The van der Waals surface area contributed by atoms with Crippen LogP contribution < -0.4 is 0 Å². The van der Waals surface area contributed by atoms with Crippen LogP contribution in [0.15, 0.2) is 12.2 Å². The standard InChI is InChI=1S/C26H42O7/c1-6-7-16-26(4,33-20(3)28)17-12-14-22-21(23(29)18-24(22)32-19(2)27)13-10-8-9-11-15-25(30)31-5/h12,14,21-22,24H,6-11,13,15-18H2,1-5H3/t21?,22?,24?,26-/m0/s1. The Morgan fingerprint density at radius 3 is 2.36 bits per heavy atom. The number of Topliss-reactive ketones (excluding diaryl/α,β-unsaturated/α-hetero) is 1. The fourth-order valence-corrected chi connectivity index (χ4v) is 4.56. The second-order valence-corrected chi connectivity index (χ2v) is 9.31. The van der Waals surface area contributed by atoms with Crippen LogP contribution in [0.4, 0.5) is 0 Å². The van der Waals surface area contributed by atoms with E-state index in [2.05, 4.69) is 11.7 Å². The predicted octanol–water partition coefficient (Wildman–Crippen LogP) is 5.10. The molecule has 0 amide bonds. The Bertz CT molecular complexity index is 684. The number of rotatable bonds is 15. The Morgan fingerprint density at radius 2 is 1.76 bits per heavy atom.